The van der Waals surface area contributed by atoms with Crippen LogP contribution >= 0.6 is 23.7 Å². The molecule has 1 fully saturated rings. The van der Waals surface area contributed by atoms with E-state index in [1.54, 1.807) is 11.3 Å². The first-order valence-electron chi connectivity index (χ1n) is 9.38. The summed E-state index contributed by atoms with van der Waals surface area (Å²) in [5.74, 6) is 1.23. The molecule has 0 unspecified atom stereocenters. The van der Waals surface area contributed by atoms with Gasteiger partial charge in [-0.25, -0.2) is 18.1 Å². The lowest BCUT2D eigenvalue weighted by atomic mass is 9.97. The van der Waals surface area contributed by atoms with Gasteiger partial charge >= 0.3 is 0 Å². The predicted octanol–water partition coefficient (Wildman–Crippen LogP) is 3.84. The minimum absolute atomic E-state index is 0. The van der Waals surface area contributed by atoms with Crippen molar-refractivity contribution in [2.45, 2.75) is 19.4 Å². The van der Waals surface area contributed by atoms with Gasteiger partial charge in [-0.15, -0.1) is 12.4 Å². The van der Waals surface area contributed by atoms with Gasteiger partial charge in [0.1, 0.15) is 5.75 Å². The normalized spacial score (nSPS) is 15.5. The van der Waals surface area contributed by atoms with Crippen LogP contribution in [0, 0.1) is 5.92 Å². The molecule has 9 heteroatoms. The van der Waals surface area contributed by atoms with Gasteiger partial charge in [-0.3, -0.25) is 4.90 Å². The average molecular weight is 454 g/mol. The minimum Gasteiger partial charge on any atom is -0.431 e. The molecule has 1 aliphatic heterocycles. The van der Waals surface area contributed by atoms with E-state index in [0.29, 0.717) is 17.7 Å². The van der Waals surface area contributed by atoms with Gasteiger partial charge in [0.2, 0.25) is 10.9 Å². The maximum Gasteiger partial charge on any atom is 0.279 e. The van der Waals surface area contributed by atoms with Crippen LogP contribution in [0.2, 0.25) is 0 Å². The van der Waals surface area contributed by atoms with Crippen LogP contribution in [0.15, 0.2) is 48.5 Å². The van der Waals surface area contributed by atoms with E-state index >= 15 is 0 Å². The van der Waals surface area contributed by atoms with Crippen LogP contribution in [0.5, 0.6) is 10.9 Å². The Bertz CT molecular complexity index is 959. The molecule has 156 valence electrons. The Kier molecular flexibility index (Phi) is 7.85. The molecule has 6 nitrogen and oxygen atoms in total. The molecule has 2 heterocycles. The Morgan fingerprint density at radius 2 is 1.83 bits per heavy atom. The number of nitrogens with zero attached hydrogens (tertiary/aromatic N) is 2. The average Bonchev–Trinajstić information content (AvgIpc) is 3.11. The second-order valence-corrected chi connectivity index (χ2v) is 8.86. The number of para-hydroxylation sites is 1. The number of piperidine rings is 1. The van der Waals surface area contributed by atoms with Crippen molar-refractivity contribution in [3.05, 3.63) is 54.1 Å². The maximum absolute atomic E-state index is 10.6. The van der Waals surface area contributed by atoms with Gasteiger partial charge < -0.3 is 4.74 Å². The molecule has 0 spiro atoms. The fourth-order valence-corrected chi connectivity index (χ4v) is 4.71. The van der Waals surface area contributed by atoms with Crippen LogP contribution in [0.4, 0.5) is 0 Å². The Morgan fingerprint density at radius 3 is 2.52 bits per heavy atom. The van der Waals surface area contributed by atoms with E-state index in [0.717, 1.165) is 48.4 Å². The number of halogens is 1. The summed E-state index contributed by atoms with van der Waals surface area (Å²) in [5, 5.41) is 0.657. The number of ether oxygens (including phenoxy) is 1. The SMILES string of the molecule is Cl.O=[SH](=O)NCC1CCN(Cc2ccc(Oc3nc4ccccc4s3)cc2)CC1. The monoisotopic (exact) mass is 453 g/mol. The first-order valence-corrected chi connectivity index (χ1v) is 11.4. The fourth-order valence-electron chi connectivity index (χ4n) is 3.47. The predicted molar refractivity (Wildman–Crippen MR) is 120 cm³/mol. The molecule has 2 aromatic carbocycles. The molecule has 0 aliphatic carbocycles. The Labute approximate surface area is 182 Å². The third-order valence-electron chi connectivity index (χ3n) is 5.03. The van der Waals surface area contributed by atoms with E-state index < -0.39 is 10.9 Å². The van der Waals surface area contributed by atoms with Crippen molar-refractivity contribution in [1.29, 1.82) is 0 Å². The molecule has 3 aromatic rings. The number of hydrogen-bond donors (Lipinski definition) is 2. The van der Waals surface area contributed by atoms with Crippen LogP contribution < -0.4 is 9.46 Å². The standard InChI is InChI=1S/C20H23N3O3S2.ClH/c24-28(25)21-13-15-9-11-23(12-10-15)14-16-5-7-17(8-6-16)26-20-22-18-3-1-2-4-19(18)27-20;/h1-8,15,28H,9-14H2,(H,21,24,25);1H. The van der Waals surface area contributed by atoms with Crippen molar-refractivity contribution in [3.8, 4) is 10.9 Å². The summed E-state index contributed by atoms with van der Waals surface area (Å²) in [4.78, 5) is 6.92. The number of hydrogen-bond acceptors (Lipinski definition) is 6. The molecular weight excluding hydrogens is 430 g/mol. The first kappa shape index (κ1) is 22.0. The highest BCUT2D eigenvalue weighted by Gasteiger charge is 2.19. The van der Waals surface area contributed by atoms with Crippen molar-refractivity contribution in [2.75, 3.05) is 19.6 Å². The molecule has 0 radical (unpaired) electrons. The largest absolute Gasteiger partial charge is 0.431 e. The van der Waals surface area contributed by atoms with E-state index in [-0.39, 0.29) is 12.4 Å². The number of thiol groups is 1. The van der Waals surface area contributed by atoms with Crippen molar-refractivity contribution >= 4 is 44.9 Å². The number of likely N-dealkylation sites (tertiary alicyclic amines) is 1. The summed E-state index contributed by atoms with van der Waals surface area (Å²) >= 11 is 1.55. The Morgan fingerprint density at radius 1 is 1.10 bits per heavy atom. The number of rotatable bonds is 7. The highest BCUT2D eigenvalue weighted by molar-refractivity contribution is 7.70. The maximum atomic E-state index is 10.6. The van der Waals surface area contributed by atoms with E-state index in [9.17, 15) is 8.42 Å². The molecule has 0 saturated carbocycles. The third-order valence-corrected chi connectivity index (χ3v) is 6.38. The lowest BCUT2D eigenvalue weighted by molar-refractivity contribution is 0.178. The lowest BCUT2D eigenvalue weighted by Gasteiger charge is -2.31. The van der Waals surface area contributed by atoms with E-state index in [1.807, 2.05) is 36.4 Å². The number of aromatic nitrogens is 1. The van der Waals surface area contributed by atoms with Crippen LogP contribution in [0.1, 0.15) is 18.4 Å². The fraction of sp³-hybridized carbons (Fsp3) is 0.350. The molecule has 1 aromatic heterocycles. The molecule has 1 saturated heterocycles. The first-order chi connectivity index (χ1) is 13.7. The van der Waals surface area contributed by atoms with Gasteiger partial charge in [-0.1, -0.05) is 35.6 Å². The number of nitrogens with one attached hydrogen (secondary N) is 1. The van der Waals surface area contributed by atoms with Crippen LogP contribution in [0.3, 0.4) is 0 Å². The lowest BCUT2D eigenvalue weighted by Crippen LogP contribution is -2.36. The summed E-state index contributed by atoms with van der Waals surface area (Å²) in [7, 11) is -2.48. The van der Waals surface area contributed by atoms with Gasteiger partial charge in [0.25, 0.3) is 5.19 Å². The number of benzene rings is 2. The quantitative estimate of drug-likeness (QED) is 0.532. The summed E-state index contributed by atoms with van der Waals surface area (Å²) < 4.78 is 30.8. The summed E-state index contributed by atoms with van der Waals surface area (Å²) in [6.07, 6.45) is 2.05. The topological polar surface area (TPSA) is 71.5 Å². The highest BCUT2D eigenvalue weighted by Crippen LogP contribution is 2.31. The molecule has 1 aliphatic rings. The van der Waals surface area contributed by atoms with Gasteiger partial charge in [-0.2, -0.15) is 0 Å². The van der Waals surface area contributed by atoms with Crippen molar-refractivity contribution in [3.63, 3.8) is 0 Å². The van der Waals surface area contributed by atoms with Gasteiger partial charge in [0, 0.05) is 13.1 Å². The minimum atomic E-state index is -2.48. The molecule has 0 atom stereocenters. The van der Waals surface area contributed by atoms with Crippen molar-refractivity contribution in [2.24, 2.45) is 5.92 Å². The van der Waals surface area contributed by atoms with E-state index in [2.05, 4.69) is 26.7 Å². The molecule has 0 amide bonds. The zero-order chi connectivity index (χ0) is 19.3. The summed E-state index contributed by atoms with van der Waals surface area (Å²) in [5.41, 5.74) is 2.20. The second-order valence-electron chi connectivity index (χ2n) is 7.03. The molecular formula is C20H24ClN3O3S2. The number of thiazole rings is 1. The summed E-state index contributed by atoms with van der Waals surface area (Å²) in [6.45, 7) is 3.44. The van der Waals surface area contributed by atoms with Crippen molar-refractivity contribution in [1.82, 2.24) is 14.6 Å². The highest BCUT2D eigenvalue weighted by atomic mass is 35.5. The van der Waals surface area contributed by atoms with Crippen molar-refractivity contribution < 1.29 is 13.2 Å². The third kappa shape index (κ3) is 6.13. The molecule has 29 heavy (non-hydrogen) atoms. The van der Waals surface area contributed by atoms with Gasteiger partial charge in [-0.05, 0) is 61.7 Å². The second kappa shape index (κ2) is 10.4. The summed E-state index contributed by atoms with van der Waals surface area (Å²) in [6, 6.07) is 16.2. The van der Waals surface area contributed by atoms with Gasteiger partial charge in [0.15, 0.2) is 0 Å². The number of fused-ring (bicyclic) bond motifs is 1. The molecule has 4 rings (SSSR count). The zero-order valence-electron chi connectivity index (χ0n) is 15.8. The molecule has 0 bridgehead atoms. The van der Waals surface area contributed by atoms with E-state index in [4.69, 9.17) is 4.74 Å². The Hall–Kier alpha value is -1.71. The Balaban J connectivity index is 0.00000240. The van der Waals surface area contributed by atoms with Crippen LogP contribution in [0.25, 0.3) is 10.2 Å². The smallest absolute Gasteiger partial charge is 0.279 e. The van der Waals surface area contributed by atoms with Crippen LogP contribution in [-0.4, -0.2) is 37.9 Å². The molecule has 1 N–H and O–H groups in total. The van der Waals surface area contributed by atoms with Crippen LogP contribution in [-0.2, 0) is 17.4 Å². The zero-order valence-corrected chi connectivity index (χ0v) is 18.3. The van der Waals surface area contributed by atoms with E-state index in [1.165, 1.54) is 5.56 Å². The van der Waals surface area contributed by atoms with Gasteiger partial charge in [0.05, 0.1) is 10.2 Å².